The van der Waals surface area contributed by atoms with Crippen LogP contribution in [0.4, 0.5) is 0 Å². The van der Waals surface area contributed by atoms with Crippen molar-refractivity contribution in [2.75, 3.05) is 0 Å². The van der Waals surface area contributed by atoms with E-state index in [-0.39, 0.29) is 33.2 Å². The zero-order valence-electron chi connectivity index (χ0n) is 20.0. The Labute approximate surface area is 155 Å². The molecule has 0 heterocycles. The minimum atomic E-state index is -0.536. The molecule has 0 radical (unpaired) electrons. The number of hydrogen-bond acceptors (Lipinski definition) is 0. The highest BCUT2D eigenvalue weighted by Gasteiger charge is 2.10. The van der Waals surface area contributed by atoms with Crippen molar-refractivity contribution >= 4 is 49.1 Å². The average Bonchev–Trinajstić information content (AvgIpc) is 2.73. The summed E-state index contributed by atoms with van der Waals surface area (Å²) in [5.41, 5.74) is 0.543. The number of fused-ring (bicyclic) bond motifs is 3. The highest BCUT2D eigenvalue weighted by atomic mass is 79.9. The summed E-state index contributed by atoms with van der Waals surface area (Å²) in [4.78, 5) is 0. The third-order valence-electron chi connectivity index (χ3n) is 3.33. The molecule has 0 unspecified atom stereocenters. The molecule has 22 heavy (non-hydrogen) atoms. The molecule has 0 aromatic heterocycles. The van der Waals surface area contributed by atoms with E-state index in [9.17, 15) is 0 Å². The second kappa shape index (κ2) is 5.42. The highest BCUT2D eigenvalue weighted by Crippen LogP contribution is 2.38. The molecule has 0 fully saturated rings. The lowest BCUT2D eigenvalue weighted by molar-refractivity contribution is 1.62. The summed E-state index contributed by atoms with van der Waals surface area (Å²) >= 11 is 9.44. The number of benzene rings is 4. The molecule has 2 heteroatoms. The topological polar surface area (TPSA) is 0 Å². The third kappa shape index (κ3) is 2.22. The van der Waals surface area contributed by atoms with Crippen LogP contribution in [0.2, 0.25) is 5.02 Å². The largest absolute Gasteiger partial charge is 0.0843 e. The van der Waals surface area contributed by atoms with Gasteiger partial charge in [0.05, 0.1) is 12.3 Å². The lowest BCUT2D eigenvalue weighted by Crippen LogP contribution is -1.85. The van der Waals surface area contributed by atoms with Crippen LogP contribution in [-0.2, 0) is 0 Å². The van der Waals surface area contributed by atoms with Crippen LogP contribution in [0.5, 0.6) is 0 Å². The van der Waals surface area contributed by atoms with Gasteiger partial charge >= 0.3 is 0 Å². The summed E-state index contributed by atoms with van der Waals surface area (Å²) < 4.78 is 75.4. The van der Waals surface area contributed by atoms with Crippen LogP contribution in [0, 0.1) is 0 Å². The molecule has 0 aliphatic carbocycles. The second-order valence-electron chi connectivity index (χ2n) is 4.62. The number of halogens is 2. The first-order valence-corrected chi connectivity index (χ1v) is 7.54. The van der Waals surface area contributed by atoms with Gasteiger partial charge in [-0.1, -0.05) is 81.9 Å². The van der Waals surface area contributed by atoms with Gasteiger partial charge in [0.2, 0.25) is 0 Å². The molecule has 0 amide bonds. The van der Waals surface area contributed by atoms with Crippen molar-refractivity contribution in [3.8, 4) is 11.1 Å². The van der Waals surface area contributed by atoms with E-state index in [2.05, 4.69) is 15.9 Å². The van der Waals surface area contributed by atoms with Crippen LogP contribution in [-0.4, -0.2) is 0 Å². The average molecular weight is 377 g/mol. The minimum absolute atomic E-state index is 0.0107. The molecule has 106 valence electrons. The van der Waals surface area contributed by atoms with Crippen molar-refractivity contribution in [2.45, 2.75) is 0 Å². The van der Waals surface area contributed by atoms with E-state index < -0.39 is 48.3 Å². The summed E-state index contributed by atoms with van der Waals surface area (Å²) in [6.45, 7) is 0. The Kier molecular flexibility index (Phi) is 1.76. The van der Waals surface area contributed by atoms with E-state index in [0.29, 0.717) is 15.1 Å². The van der Waals surface area contributed by atoms with Crippen LogP contribution < -0.4 is 0 Å². The lowest BCUT2D eigenvalue weighted by Gasteiger charge is -2.12. The SMILES string of the molecule is [2H]c1c([2H])c([2H])c2c(c1[2H])c([2H])c(-c1ccc(Cl)cc1Br)c1c([2H])c([2H])c([2H])c([2H])c12. The molecule has 4 aromatic carbocycles. The van der Waals surface area contributed by atoms with E-state index in [0.717, 1.165) is 0 Å². The Bertz CT molecular complexity index is 1450. The minimum Gasteiger partial charge on any atom is -0.0843 e. The van der Waals surface area contributed by atoms with Crippen molar-refractivity contribution in [1.29, 1.82) is 0 Å². The molecule has 4 rings (SSSR count). The summed E-state index contributed by atoms with van der Waals surface area (Å²) in [5.74, 6) is 0. The van der Waals surface area contributed by atoms with Crippen molar-refractivity contribution in [3.05, 3.63) is 82.1 Å². The van der Waals surface area contributed by atoms with Gasteiger partial charge in [-0.05, 0) is 50.8 Å². The zero-order valence-corrected chi connectivity index (χ0v) is 13.3. The van der Waals surface area contributed by atoms with E-state index in [1.807, 2.05) is 0 Å². The summed E-state index contributed by atoms with van der Waals surface area (Å²) in [7, 11) is 0. The van der Waals surface area contributed by atoms with E-state index in [1.54, 1.807) is 18.2 Å². The fourth-order valence-corrected chi connectivity index (χ4v) is 3.24. The van der Waals surface area contributed by atoms with E-state index >= 15 is 0 Å². The monoisotopic (exact) mass is 375 g/mol. The summed E-state index contributed by atoms with van der Waals surface area (Å²) in [6, 6.07) is 0.685. The van der Waals surface area contributed by atoms with Crippen molar-refractivity contribution < 1.29 is 12.3 Å². The Morgan fingerprint density at radius 2 is 1.50 bits per heavy atom. The van der Waals surface area contributed by atoms with Crippen molar-refractivity contribution in [2.24, 2.45) is 0 Å². The molecule has 0 nitrogen and oxygen atoms in total. The molecule has 0 bridgehead atoms. The van der Waals surface area contributed by atoms with Crippen LogP contribution in [0.25, 0.3) is 32.7 Å². The Morgan fingerprint density at radius 3 is 2.27 bits per heavy atom. The van der Waals surface area contributed by atoms with Gasteiger partial charge in [0.25, 0.3) is 0 Å². The number of hydrogen-bond donors (Lipinski definition) is 0. The molecule has 0 aliphatic rings. The van der Waals surface area contributed by atoms with Gasteiger partial charge < -0.3 is 0 Å². The first kappa shape index (κ1) is 7.16. The van der Waals surface area contributed by atoms with Crippen molar-refractivity contribution in [3.63, 3.8) is 0 Å². The van der Waals surface area contributed by atoms with Crippen LogP contribution in [0.15, 0.2) is 77.1 Å². The maximum absolute atomic E-state index is 8.85. The first-order valence-electron chi connectivity index (χ1n) is 10.9. The Morgan fingerprint density at radius 1 is 0.818 bits per heavy atom. The van der Waals surface area contributed by atoms with Crippen LogP contribution >= 0.6 is 27.5 Å². The predicted octanol–water partition coefficient (Wildman–Crippen LogP) is 7.08. The van der Waals surface area contributed by atoms with Gasteiger partial charge in [-0.3, -0.25) is 0 Å². The fraction of sp³-hybridized carbons (Fsp3) is 0. The second-order valence-corrected chi connectivity index (χ2v) is 5.91. The van der Waals surface area contributed by atoms with Gasteiger partial charge in [-0.15, -0.1) is 0 Å². The smallest absolute Gasteiger partial charge is 0.0636 e. The quantitative estimate of drug-likeness (QED) is 0.311. The molecule has 4 aromatic rings. The lowest BCUT2D eigenvalue weighted by atomic mass is 9.93. The van der Waals surface area contributed by atoms with Gasteiger partial charge in [0.15, 0.2) is 0 Å². The molecule has 0 atom stereocenters. The van der Waals surface area contributed by atoms with Gasteiger partial charge in [0.1, 0.15) is 0 Å². The molecule has 0 N–H and O–H groups in total. The standard InChI is InChI=1S/C20H12BrCl/c21-20-12-14(22)9-10-18(20)19-11-13-5-1-2-6-15(13)16-7-3-4-8-17(16)19/h1-12H/i1D,2D,3D,4D,5D,6D,7D,8D,11D. The Balaban J connectivity index is 2.47. The summed E-state index contributed by atoms with van der Waals surface area (Å²) in [6.07, 6.45) is 0. The molecular formula is C20H12BrCl. The van der Waals surface area contributed by atoms with E-state index in [1.165, 1.54) is 0 Å². The summed E-state index contributed by atoms with van der Waals surface area (Å²) in [5, 5.41) is 0.153. The molecule has 0 saturated carbocycles. The fourth-order valence-electron chi connectivity index (χ4n) is 2.36. The van der Waals surface area contributed by atoms with Crippen molar-refractivity contribution in [1.82, 2.24) is 0 Å². The first-order chi connectivity index (χ1) is 14.5. The molecule has 0 spiro atoms. The van der Waals surface area contributed by atoms with Crippen LogP contribution in [0.1, 0.15) is 12.3 Å². The highest BCUT2D eigenvalue weighted by molar-refractivity contribution is 9.10. The molecule has 0 aliphatic heterocycles. The normalized spacial score (nSPS) is 16.9. The zero-order chi connectivity index (χ0) is 22.9. The van der Waals surface area contributed by atoms with Gasteiger partial charge in [-0.2, -0.15) is 0 Å². The van der Waals surface area contributed by atoms with E-state index in [4.69, 9.17) is 23.9 Å². The third-order valence-corrected chi connectivity index (χ3v) is 4.22. The molecule has 0 saturated heterocycles. The van der Waals surface area contributed by atoms with Gasteiger partial charge in [-0.25, -0.2) is 0 Å². The van der Waals surface area contributed by atoms with Crippen LogP contribution in [0.3, 0.4) is 0 Å². The Hall–Kier alpha value is -1.83. The molecular weight excluding hydrogens is 356 g/mol. The maximum atomic E-state index is 8.85. The maximum Gasteiger partial charge on any atom is 0.0636 e. The number of rotatable bonds is 1. The van der Waals surface area contributed by atoms with Gasteiger partial charge in [0, 0.05) is 9.50 Å². The predicted molar refractivity (Wildman–Crippen MR) is 99.6 cm³/mol.